The van der Waals surface area contributed by atoms with Crippen LogP contribution in [-0.4, -0.2) is 17.2 Å². The predicted molar refractivity (Wildman–Crippen MR) is 50.7 cm³/mol. The summed E-state index contributed by atoms with van der Waals surface area (Å²) < 4.78 is 50.7. The minimum atomic E-state index is -4.82. The van der Waals surface area contributed by atoms with Gasteiger partial charge in [0, 0.05) is 12.5 Å². The topological polar surface area (TPSA) is 49.3 Å². The van der Waals surface area contributed by atoms with Crippen molar-refractivity contribution >= 4 is 5.91 Å². The first-order valence-electron chi connectivity index (χ1n) is 4.54. The molecule has 0 bridgehead atoms. The van der Waals surface area contributed by atoms with Crippen LogP contribution in [0.1, 0.15) is 18.5 Å². The number of phenolic OH excluding ortho intramolecular Hbond substituents is 1. The molecule has 0 spiro atoms. The average Bonchev–Trinajstić information content (AvgIpc) is 2.16. The van der Waals surface area contributed by atoms with Gasteiger partial charge in [0.2, 0.25) is 5.91 Å². The van der Waals surface area contributed by atoms with Crippen LogP contribution in [0, 0.1) is 5.82 Å². The van der Waals surface area contributed by atoms with E-state index in [0.717, 1.165) is 19.1 Å². The molecule has 0 fully saturated rings. The van der Waals surface area contributed by atoms with E-state index in [0.29, 0.717) is 6.07 Å². The van der Waals surface area contributed by atoms with Gasteiger partial charge in [0.25, 0.3) is 0 Å². The lowest BCUT2D eigenvalue weighted by molar-refractivity contribution is -0.163. The normalized spacial score (nSPS) is 13.2. The Labute approximate surface area is 94.1 Å². The summed E-state index contributed by atoms with van der Waals surface area (Å²) in [6, 6.07) is -0.287. The second kappa shape index (κ2) is 4.60. The lowest BCUT2D eigenvalue weighted by Gasteiger charge is -2.22. The fraction of sp³-hybridized carbons (Fsp3) is 0.300. The van der Waals surface area contributed by atoms with Gasteiger partial charge < -0.3 is 10.4 Å². The van der Waals surface area contributed by atoms with Gasteiger partial charge in [-0.2, -0.15) is 13.2 Å². The zero-order valence-electron chi connectivity index (χ0n) is 8.68. The molecule has 0 saturated carbocycles. The SMILES string of the molecule is CC(=O)N[C@H](c1cc(F)ccc1O)C(F)(F)F. The number of aromatic hydroxyl groups is 1. The van der Waals surface area contributed by atoms with Crippen molar-refractivity contribution in [1.29, 1.82) is 0 Å². The van der Waals surface area contributed by atoms with Crippen molar-refractivity contribution in [1.82, 2.24) is 5.32 Å². The minimum absolute atomic E-state index is 0.531. The Kier molecular flexibility index (Phi) is 3.59. The number of amides is 1. The lowest BCUT2D eigenvalue weighted by atomic mass is 10.0. The van der Waals surface area contributed by atoms with Crippen molar-refractivity contribution in [2.24, 2.45) is 0 Å². The molecule has 1 aromatic carbocycles. The van der Waals surface area contributed by atoms with Crippen LogP contribution in [0.15, 0.2) is 18.2 Å². The molecule has 1 aromatic rings. The Balaban J connectivity index is 3.21. The van der Waals surface area contributed by atoms with Crippen LogP contribution >= 0.6 is 0 Å². The van der Waals surface area contributed by atoms with Crippen molar-refractivity contribution in [3.05, 3.63) is 29.6 Å². The van der Waals surface area contributed by atoms with E-state index in [1.807, 2.05) is 0 Å². The summed E-state index contributed by atoms with van der Waals surface area (Å²) in [5.41, 5.74) is -0.729. The van der Waals surface area contributed by atoms with Crippen molar-refractivity contribution in [2.75, 3.05) is 0 Å². The number of benzene rings is 1. The number of phenols is 1. The van der Waals surface area contributed by atoms with Crippen molar-refractivity contribution in [3.8, 4) is 5.75 Å². The molecule has 2 N–H and O–H groups in total. The second-order valence-electron chi connectivity index (χ2n) is 3.38. The highest BCUT2D eigenvalue weighted by atomic mass is 19.4. The van der Waals surface area contributed by atoms with Crippen LogP contribution in [-0.2, 0) is 4.79 Å². The van der Waals surface area contributed by atoms with E-state index >= 15 is 0 Å². The lowest BCUT2D eigenvalue weighted by Crippen LogP contribution is -2.37. The molecule has 0 radical (unpaired) electrons. The Morgan fingerprint density at radius 1 is 1.41 bits per heavy atom. The smallest absolute Gasteiger partial charge is 0.413 e. The molecule has 0 aromatic heterocycles. The summed E-state index contributed by atoms with van der Waals surface area (Å²) in [6.07, 6.45) is -4.82. The van der Waals surface area contributed by atoms with Gasteiger partial charge in [-0.15, -0.1) is 0 Å². The highest BCUT2D eigenvalue weighted by Crippen LogP contribution is 2.37. The first-order valence-corrected chi connectivity index (χ1v) is 4.54. The third-order valence-electron chi connectivity index (χ3n) is 1.98. The quantitative estimate of drug-likeness (QED) is 0.792. The Morgan fingerprint density at radius 3 is 2.47 bits per heavy atom. The zero-order chi connectivity index (χ0) is 13.2. The monoisotopic (exact) mass is 251 g/mol. The largest absolute Gasteiger partial charge is 0.508 e. The van der Waals surface area contributed by atoms with Gasteiger partial charge in [-0.25, -0.2) is 4.39 Å². The molecule has 1 amide bonds. The fourth-order valence-electron chi connectivity index (χ4n) is 1.30. The molecular formula is C10H9F4NO2. The van der Waals surface area contributed by atoms with Crippen molar-refractivity contribution < 1.29 is 27.5 Å². The Bertz CT molecular complexity index is 431. The average molecular weight is 251 g/mol. The number of hydrogen-bond acceptors (Lipinski definition) is 2. The number of halogens is 4. The van der Waals surface area contributed by atoms with Crippen LogP contribution in [0.2, 0.25) is 0 Å². The van der Waals surface area contributed by atoms with Crippen LogP contribution in [0.3, 0.4) is 0 Å². The van der Waals surface area contributed by atoms with E-state index in [1.54, 1.807) is 5.32 Å². The third kappa shape index (κ3) is 3.33. The number of carbonyl (C=O) groups excluding carboxylic acids is 1. The summed E-state index contributed by atoms with van der Waals surface area (Å²) in [4.78, 5) is 10.7. The summed E-state index contributed by atoms with van der Waals surface area (Å²) >= 11 is 0. The first-order chi connectivity index (χ1) is 7.71. The molecule has 0 aliphatic heterocycles. The molecular weight excluding hydrogens is 242 g/mol. The number of carbonyl (C=O) groups is 1. The summed E-state index contributed by atoms with van der Waals surface area (Å²) in [7, 11) is 0. The van der Waals surface area contributed by atoms with Crippen LogP contribution < -0.4 is 5.32 Å². The van der Waals surface area contributed by atoms with Gasteiger partial charge in [0.1, 0.15) is 11.6 Å². The molecule has 3 nitrogen and oxygen atoms in total. The molecule has 17 heavy (non-hydrogen) atoms. The van der Waals surface area contributed by atoms with Crippen LogP contribution in [0.25, 0.3) is 0 Å². The highest BCUT2D eigenvalue weighted by molar-refractivity contribution is 5.73. The molecule has 1 rings (SSSR count). The standard InChI is InChI=1S/C10H9F4NO2/c1-5(16)15-9(10(12,13)14)7-4-6(11)2-3-8(7)17/h2-4,9,17H,1H3,(H,15,16)/t9-/m1/s1. The molecule has 7 heteroatoms. The molecule has 1 atom stereocenters. The van der Waals surface area contributed by atoms with Gasteiger partial charge in [-0.05, 0) is 18.2 Å². The van der Waals surface area contributed by atoms with Crippen LogP contribution in [0.5, 0.6) is 5.75 Å². The van der Waals surface area contributed by atoms with E-state index in [2.05, 4.69) is 0 Å². The van der Waals surface area contributed by atoms with E-state index in [9.17, 15) is 27.5 Å². The maximum absolute atomic E-state index is 12.8. The number of alkyl halides is 3. The van der Waals surface area contributed by atoms with Crippen LogP contribution in [0.4, 0.5) is 17.6 Å². The highest BCUT2D eigenvalue weighted by Gasteiger charge is 2.42. The molecule has 94 valence electrons. The zero-order valence-corrected chi connectivity index (χ0v) is 8.68. The van der Waals surface area contributed by atoms with E-state index < -0.39 is 35.3 Å². The molecule has 0 saturated heterocycles. The van der Waals surface area contributed by atoms with E-state index in [1.165, 1.54) is 0 Å². The molecule has 0 aliphatic carbocycles. The van der Waals surface area contributed by atoms with Gasteiger partial charge in [-0.3, -0.25) is 4.79 Å². The summed E-state index contributed by atoms with van der Waals surface area (Å²) in [5.74, 6) is -2.60. The molecule has 0 aliphatic rings. The van der Waals surface area contributed by atoms with Crippen molar-refractivity contribution in [3.63, 3.8) is 0 Å². The predicted octanol–water partition coefficient (Wildman–Crippen LogP) is 2.27. The second-order valence-corrected chi connectivity index (χ2v) is 3.38. The Morgan fingerprint density at radius 2 is 2.00 bits per heavy atom. The van der Waals surface area contributed by atoms with Gasteiger partial charge >= 0.3 is 6.18 Å². The maximum Gasteiger partial charge on any atom is 0.413 e. The molecule has 0 unspecified atom stereocenters. The maximum atomic E-state index is 12.8. The minimum Gasteiger partial charge on any atom is -0.508 e. The number of rotatable bonds is 2. The Hall–Kier alpha value is -1.79. The molecule has 0 heterocycles. The van der Waals surface area contributed by atoms with Gasteiger partial charge in [0.05, 0.1) is 0 Å². The van der Waals surface area contributed by atoms with E-state index in [-0.39, 0.29) is 0 Å². The fourth-order valence-corrected chi connectivity index (χ4v) is 1.30. The van der Waals surface area contributed by atoms with Crippen molar-refractivity contribution in [2.45, 2.75) is 19.1 Å². The number of nitrogens with one attached hydrogen (secondary N) is 1. The van der Waals surface area contributed by atoms with E-state index in [4.69, 9.17) is 0 Å². The first kappa shape index (κ1) is 13.3. The summed E-state index contributed by atoms with van der Waals surface area (Å²) in [5, 5.41) is 10.9. The van der Waals surface area contributed by atoms with Gasteiger partial charge in [-0.1, -0.05) is 0 Å². The summed E-state index contributed by atoms with van der Waals surface area (Å²) in [6.45, 7) is 0.898. The number of hydrogen-bond donors (Lipinski definition) is 2. The van der Waals surface area contributed by atoms with Gasteiger partial charge in [0.15, 0.2) is 6.04 Å². The third-order valence-corrected chi connectivity index (χ3v) is 1.98.